The molecule has 104 valence electrons. The average Bonchev–Trinajstić information content (AvgIpc) is 2.46. The van der Waals surface area contributed by atoms with E-state index in [9.17, 15) is 5.11 Å². The van der Waals surface area contributed by atoms with E-state index in [-0.39, 0.29) is 0 Å². The molecular weight excluding hydrogens is 238 g/mol. The van der Waals surface area contributed by atoms with E-state index in [4.69, 9.17) is 0 Å². The molecule has 0 bridgehead atoms. The number of rotatable bonds is 2. The van der Waals surface area contributed by atoms with Crippen LogP contribution in [0.5, 0.6) is 0 Å². The third-order valence-electron chi connectivity index (χ3n) is 4.40. The van der Waals surface area contributed by atoms with Gasteiger partial charge < -0.3 is 10.0 Å². The molecule has 19 heavy (non-hydrogen) atoms. The average molecular weight is 261 g/mol. The van der Waals surface area contributed by atoms with Crippen molar-refractivity contribution in [1.82, 2.24) is 9.88 Å². The van der Waals surface area contributed by atoms with Crippen molar-refractivity contribution in [2.24, 2.45) is 0 Å². The first-order valence-corrected chi connectivity index (χ1v) is 7.37. The molecule has 1 aromatic heterocycles. The first-order valence-electron chi connectivity index (χ1n) is 7.37. The highest BCUT2D eigenvalue weighted by atomic mass is 16.3. The molecule has 4 nitrogen and oxygen atoms in total. The Morgan fingerprint density at radius 2 is 2.21 bits per heavy atom. The highest BCUT2D eigenvalue weighted by Crippen LogP contribution is 2.28. The van der Waals surface area contributed by atoms with E-state index in [1.165, 1.54) is 25.8 Å². The lowest BCUT2D eigenvalue weighted by Crippen LogP contribution is -2.55. The summed E-state index contributed by atoms with van der Waals surface area (Å²) >= 11 is 0. The second kappa shape index (κ2) is 5.47. The minimum Gasteiger partial charge on any atom is -0.389 e. The molecule has 2 aliphatic rings. The third-order valence-corrected chi connectivity index (χ3v) is 4.40. The maximum Gasteiger partial charge on any atom is 0.134 e. The summed E-state index contributed by atoms with van der Waals surface area (Å²) in [5, 5.41) is 9.89. The standard InChI is InChI=1S/C15H23N3O/c1-12(19)14-6-4-7-16-15(14)18-10-9-17-8-3-2-5-13(17)11-18/h4,6-7,12-13,19H,2-3,5,8-11H2,1H3/t12-,13?/m0/s1. The zero-order chi connectivity index (χ0) is 13.2. The largest absolute Gasteiger partial charge is 0.389 e. The van der Waals surface area contributed by atoms with Crippen molar-refractivity contribution in [1.29, 1.82) is 0 Å². The fourth-order valence-corrected chi connectivity index (χ4v) is 3.35. The summed E-state index contributed by atoms with van der Waals surface area (Å²) in [6.45, 7) is 6.27. The van der Waals surface area contributed by atoms with Gasteiger partial charge in [-0.25, -0.2) is 4.98 Å². The number of nitrogens with zero attached hydrogens (tertiary/aromatic N) is 3. The maximum absolute atomic E-state index is 9.89. The SMILES string of the molecule is C[C@H](O)c1cccnc1N1CCN2CCCCC2C1. The zero-order valence-corrected chi connectivity index (χ0v) is 11.6. The molecule has 1 unspecified atom stereocenters. The van der Waals surface area contributed by atoms with E-state index < -0.39 is 6.10 Å². The van der Waals surface area contributed by atoms with Crippen molar-refractivity contribution in [2.45, 2.75) is 38.3 Å². The number of anilines is 1. The van der Waals surface area contributed by atoms with Crippen molar-refractivity contribution >= 4 is 5.82 Å². The van der Waals surface area contributed by atoms with Crippen molar-refractivity contribution in [3.63, 3.8) is 0 Å². The van der Waals surface area contributed by atoms with Crippen molar-refractivity contribution < 1.29 is 5.11 Å². The molecule has 0 amide bonds. The molecule has 0 aromatic carbocycles. The normalized spacial score (nSPS) is 26.0. The molecule has 2 aliphatic heterocycles. The van der Waals surface area contributed by atoms with Crippen molar-refractivity contribution in [2.75, 3.05) is 31.1 Å². The molecule has 3 rings (SSSR count). The van der Waals surface area contributed by atoms with Gasteiger partial charge in [-0.05, 0) is 32.4 Å². The zero-order valence-electron chi connectivity index (χ0n) is 11.6. The second-order valence-corrected chi connectivity index (χ2v) is 5.72. The minimum absolute atomic E-state index is 0.451. The van der Waals surface area contributed by atoms with Crippen LogP contribution >= 0.6 is 0 Å². The Morgan fingerprint density at radius 1 is 1.32 bits per heavy atom. The van der Waals surface area contributed by atoms with E-state index >= 15 is 0 Å². The topological polar surface area (TPSA) is 39.6 Å². The lowest BCUT2D eigenvalue weighted by Gasteiger charge is -2.44. The molecule has 2 fully saturated rings. The van der Waals surface area contributed by atoms with Gasteiger partial charge in [-0.2, -0.15) is 0 Å². The summed E-state index contributed by atoms with van der Waals surface area (Å²) in [7, 11) is 0. The molecule has 2 saturated heterocycles. The maximum atomic E-state index is 9.89. The molecule has 4 heteroatoms. The molecule has 3 heterocycles. The van der Waals surface area contributed by atoms with Crippen LogP contribution in [0.3, 0.4) is 0 Å². The highest BCUT2D eigenvalue weighted by Gasteiger charge is 2.30. The van der Waals surface area contributed by atoms with E-state index in [0.717, 1.165) is 31.0 Å². The second-order valence-electron chi connectivity index (χ2n) is 5.72. The molecule has 1 N–H and O–H groups in total. The molecule has 0 aliphatic carbocycles. The van der Waals surface area contributed by atoms with Crippen LogP contribution in [0.25, 0.3) is 0 Å². The number of piperidine rings is 1. The van der Waals surface area contributed by atoms with E-state index in [0.29, 0.717) is 6.04 Å². The van der Waals surface area contributed by atoms with Gasteiger partial charge in [-0.1, -0.05) is 12.5 Å². The lowest BCUT2D eigenvalue weighted by atomic mass is 9.99. The van der Waals surface area contributed by atoms with E-state index in [1.54, 1.807) is 0 Å². The number of aliphatic hydroxyl groups excluding tert-OH is 1. The van der Waals surface area contributed by atoms with Crippen molar-refractivity contribution in [3.05, 3.63) is 23.9 Å². The molecule has 2 atom stereocenters. The predicted octanol–water partition coefficient (Wildman–Crippen LogP) is 1.81. The van der Waals surface area contributed by atoms with Gasteiger partial charge in [0, 0.05) is 37.4 Å². The minimum atomic E-state index is -0.451. The Labute approximate surface area is 115 Å². The van der Waals surface area contributed by atoms with Crippen LogP contribution in [0.1, 0.15) is 37.9 Å². The van der Waals surface area contributed by atoms with Crippen LogP contribution in [0.4, 0.5) is 5.82 Å². The number of hydrogen-bond acceptors (Lipinski definition) is 4. The summed E-state index contributed by atoms with van der Waals surface area (Å²) in [5.41, 5.74) is 0.951. The van der Waals surface area contributed by atoms with Gasteiger partial charge >= 0.3 is 0 Å². The molecule has 0 spiro atoms. The van der Waals surface area contributed by atoms with Gasteiger partial charge in [-0.3, -0.25) is 4.90 Å². The fourth-order valence-electron chi connectivity index (χ4n) is 3.35. The van der Waals surface area contributed by atoms with Crippen molar-refractivity contribution in [3.8, 4) is 0 Å². The Morgan fingerprint density at radius 3 is 3.05 bits per heavy atom. The van der Waals surface area contributed by atoms with Gasteiger partial charge in [0.05, 0.1) is 6.10 Å². The van der Waals surface area contributed by atoms with Crippen LogP contribution in [0, 0.1) is 0 Å². The molecular formula is C15H23N3O. The highest BCUT2D eigenvalue weighted by molar-refractivity contribution is 5.48. The number of hydrogen-bond donors (Lipinski definition) is 1. The van der Waals surface area contributed by atoms with Gasteiger partial charge in [0.25, 0.3) is 0 Å². The summed E-state index contributed by atoms with van der Waals surface area (Å²) < 4.78 is 0. The third kappa shape index (κ3) is 2.60. The van der Waals surface area contributed by atoms with Crippen LogP contribution < -0.4 is 4.90 Å². The molecule has 0 radical (unpaired) electrons. The summed E-state index contributed by atoms with van der Waals surface area (Å²) in [6.07, 6.45) is 5.37. The molecule has 0 saturated carbocycles. The number of fused-ring (bicyclic) bond motifs is 1. The van der Waals surface area contributed by atoms with E-state index in [2.05, 4.69) is 14.8 Å². The Hall–Kier alpha value is -1.13. The summed E-state index contributed by atoms with van der Waals surface area (Å²) in [4.78, 5) is 9.48. The number of pyridine rings is 1. The van der Waals surface area contributed by atoms with Crippen LogP contribution in [-0.4, -0.2) is 47.2 Å². The van der Waals surface area contributed by atoms with Gasteiger partial charge in [0.15, 0.2) is 0 Å². The Bertz CT molecular complexity index is 435. The monoisotopic (exact) mass is 261 g/mol. The van der Waals surface area contributed by atoms with Crippen LogP contribution in [-0.2, 0) is 0 Å². The lowest BCUT2D eigenvalue weighted by molar-refractivity contribution is 0.132. The Kier molecular flexibility index (Phi) is 3.71. The summed E-state index contributed by atoms with van der Waals surface area (Å²) in [6, 6.07) is 4.56. The first-order chi connectivity index (χ1) is 9.25. The quantitative estimate of drug-likeness (QED) is 0.881. The fraction of sp³-hybridized carbons (Fsp3) is 0.667. The number of aromatic nitrogens is 1. The van der Waals surface area contributed by atoms with Crippen LogP contribution in [0.2, 0.25) is 0 Å². The number of piperazine rings is 1. The van der Waals surface area contributed by atoms with Gasteiger partial charge in [0.2, 0.25) is 0 Å². The smallest absolute Gasteiger partial charge is 0.134 e. The summed E-state index contributed by atoms with van der Waals surface area (Å²) in [5.74, 6) is 0.975. The van der Waals surface area contributed by atoms with Crippen LogP contribution in [0.15, 0.2) is 18.3 Å². The van der Waals surface area contributed by atoms with E-state index in [1.807, 2.05) is 25.3 Å². The van der Waals surface area contributed by atoms with Gasteiger partial charge in [0.1, 0.15) is 5.82 Å². The Balaban J connectivity index is 1.79. The first kappa shape index (κ1) is 12.9. The molecule has 1 aromatic rings. The van der Waals surface area contributed by atoms with Gasteiger partial charge in [-0.15, -0.1) is 0 Å². The number of aliphatic hydroxyl groups is 1. The predicted molar refractivity (Wildman–Crippen MR) is 76.3 cm³/mol.